The van der Waals surface area contributed by atoms with Gasteiger partial charge in [0.25, 0.3) is 0 Å². The van der Waals surface area contributed by atoms with Crippen LogP contribution in [0.3, 0.4) is 0 Å². The minimum absolute atomic E-state index is 0. The van der Waals surface area contributed by atoms with Crippen LogP contribution in [-0.4, -0.2) is 17.1 Å². The Morgan fingerprint density at radius 1 is 1.15 bits per heavy atom. The quantitative estimate of drug-likeness (QED) is 0.941. The molecule has 0 aliphatic carbocycles. The molecule has 1 aromatic heterocycles. The third-order valence-corrected chi connectivity index (χ3v) is 3.57. The van der Waals surface area contributed by atoms with E-state index in [0.717, 1.165) is 40.7 Å². The third-order valence-electron chi connectivity index (χ3n) is 3.22. The first-order valence-electron chi connectivity index (χ1n) is 6.04. The average Bonchev–Trinajstić information content (AvgIpc) is 2.85. The zero-order valence-corrected chi connectivity index (χ0v) is 12.5. The van der Waals surface area contributed by atoms with Crippen LogP contribution in [0.15, 0.2) is 36.7 Å². The lowest BCUT2D eigenvalue weighted by Gasteiger charge is -2.17. The van der Waals surface area contributed by atoms with Crippen molar-refractivity contribution in [1.82, 2.24) is 9.99 Å². The number of hydrogen-bond acceptors (Lipinski definition) is 4. The minimum Gasteiger partial charge on any atom is -0.496 e. The molecule has 0 spiro atoms. The summed E-state index contributed by atoms with van der Waals surface area (Å²) in [4.78, 5) is 4.00. The lowest BCUT2D eigenvalue weighted by atomic mass is 10.1. The predicted octanol–water partition coefficient (Wildman–Crippen LogP) is 3.51. The molecule has 3 rings (SSSR count). The molecular formula is C14H15Cl2N3O. The lowest BCUT2D eigenvalue weighted by molar-refractivity contribution is 0.340. The molecule has 1 aromatic carbocycles. The number of nitrogens with zero attached hydrogens (tertiary/aromatic N) is 2. The van der Waals surface area contributed by atoms with Crippen molar-refractivity contribution in [2.24, 2.45) is 0 Å². The zero-order chi connectivity index (χ0) is 13.2. The fraction of sp³-hybridized carbons (Fsp3) is 0.214. The van der Waals surface area contributed by atoms with Crippen LogP contribution in [0.1, 0.15) is 11.1 Å². The summed E-state index contributed by atoms with van der Waals surface area (Å²) in [6.07, 6.45) is 3.53. The fourth-order valence-corrected chi connectivity index (χ4v) is 2.54. The van der Waals surface area contributed by atoms with Crippen molar-refractivity contribution in [1.29, 1.82) is 0 Å². The number of methoxy groups -OCH3 is 1. The first-order chi connectivity index (χ1) is 9.28. The second-order valence-corrected chi connectivity index (χ2v) is 4.82. The Morgan fingerprint density at radius 2 is 1.85 bits per heavy atom. The summed E-state index contributed by atoms with van der Waals surface area (Å²) < 4.78 is 5.39. The standard InChI is InChI=1S/C14H14ClN3O.ClH/c1-19-14-3-2-13(15)11-8-18(9-12(11)14)17-10-4-6-16-7-5-10;/h2-7H,8-9H2,1H3,(H,16,17);1H. The monoisotopic (exact) mass is 311 g/mol. The number of benzene rings is 1. The molecule has 0 fully saturated rings. The van der Waals surface area contributed by atoms with Crippen LogP contribution in [0.25, 0.3) is 0 Å². The van der Waals surface area contributed by atoms with Crippen LogP contribution in [0.4, 0.5) is 5.69 Å². The van der Waals surface area contributed by atoms with E-state index in [9.17, 15) is 0 Å². The van der Waals surface area contributed by atoms with Gasteiger partial charge in [-0.1, -0.05) is 11.6 Å². The molecule has 1 aliphatic rings. The van der Waals surface area contributed by atoms with Crippen LogP contribution < -0.4 is 10.2 Å². The van der Waals surface area contributed by atoms with Crippen molar-refractivity contribution >= 4 is 29.7 Å². The topological polar surface area (TPSA) is 37.4 Å². The number of hydrogen-bond donors (Lipinski definition) is 1. The van der Waals surface area contributed by atoms with Crippen LogP contribution >= 0.6 is 24.0 Å². The number of rotatable bonds is 3. The normalized spacial score (nSPS) is 13.5. The van der Waals surface area contributed by atoms with Gasteiger partial charge in [-0.15, -0.1) is 12.4 Å². The maximum Gasteiger partial charge on any atom is 0.123 e. The summed E-state index contributed by atoms with van der Waals surface area (Å²) in [5.41, 5.74) is 6.63. The summed E-state index contributed by atoms with van der Waals surface area (Å²) in [5, 5.41) is 2.89. The molecule has 106 valence electrons. The van der Waals surface area contributed by atoms with E-state index in [4.69, 9.17) is 16.3 Å². The van der Waals surface area contributed by atoms with Gasteiger partial charge in [-0.05, 0) is 29.8 Å². The molecule has 0 amide bonds. The van der Waals surface area contributed by atoms with Gasteiger partial charge in [-0.2, -0.15) is 0 Å². The van der Waals surface area contributed by atoms with Gasteiger partial charge in [-0.3, -0.25) is 4.98 Å². The molecule has 2 heterocycles. The van der Waals surface area contributed by atoms with Gasteiger partial charge in [0.05, 0.1) is 12.8 Å². The van der Waals surface area contributed by atoms with E-state index in [0.29, 0.717) is 0 Å². The van der Waals surface area contributed by atoms with Crippen LogP contribution in [0.5, 0.6) is 5.75 Å². The van der Waals surface area contributed by atoms with E-state index in [-0.39, 0.29) is 12.4 Å². The van der Waals surface area contributed by atoms with Gasteiger partial charge >= 0.3 is 0 Å². The smallest absolute Gasteiger partial charge is 0.123 e. The predicted molar refractivity (Wildman–Crippen MR) is 82.4 cm³/mol. The zero-order valence-electron chi connectivity index (χ0n) is 11.0. The molecule has 0 saturated carbocycles. The molecule has 0 saturated heterocycles. The van der Waals surface area contributed by atoms with Gasteiger partial charge in [0.15, 0.2) is 0 Å². The Morgan fingerprint density at radius 3 is 2.55 bits per heavy atom. The van der Waals surface area contributed by atoms with E-state index < -0.39 is 0 Å². The molecule has 0 atom stereocenters. The van der Waals surface area contributed by atoms with Crippen molar-refractivity contribution in [3.8, 4) is 5.75 Å². The van der Waals surface area contributed by atoms with E-state index in [1.165, 1.54) is 0 Å². The summed E-state index contributed by atoms with van der Waals surface area (Å²) in [7, 11) is 1.68. The van der Waals surface area contributed by atoms with E-state index in [2.05, 4.69) is 15.4 Å². The number of anilines is 1. The molecule has 6 heteroatoms. The molecule has 20 heavy (non-hydrogen) atoms. The van der Waals surface area contributed by atoms with Gasteiger partial charge < -0.3 is 10.2 Å². The van der Waals surface area contributed by atoms with Gasteiger partial charge in [0, 0.05) is 36.1 Å². The summed E-state index contributed by atoms with van der Waals surface area (Å²) in [5.74, 6) is 0.887. The van der Waals surface area contributed by atoms with Crippen molar-refractivity contribution in [3.63, 3.8) is 0 Å². The largest absolute Gasteiger partial charge is 0.496 e. The maximum atomic E-state index is 6.25. The number of fused-ring (bicyclic) bond motifs is 1. The number of nitrogens with one attached hydrogen (secondary N) is 1. The Hall–Kier alpha value is -1.49. The SMILES string of the molecule is COc1ccc(Cl)c2c1CN(Nc1ccncc1)C2.Cl. The minimum atomic E-state index is 0. The molecule has 4 nitrogen and oxygen atoms in total. The Labute approximate surface area is 129 Å². The molecule has 0 bridgehead atoms. The van der Waals surface area contributed by atoms with Crippen molar-refractivity contribution in [2.75, 3.05) is 12.5 Å². The summed E-state index contributed by atoms with van der Waals surface area (Å²) in [6.45, 7) is 1.52. The number of halogens is 2. The van der Waals surface area contributed by atoms with Gasteiger partial charge in [0.1, 0.15) is 5.75 Å². The highest BCUT2D eigenvalue weighted by atomic mass is 35.5. The highest BCUT2D eigenvalue weighted by molar-refractivity contribution is 6.31. The number of ether oxygens (including phenoxy) is 1. The summed E-state index contributed by atoms with van der Waals surface area (Å²) in [6, 6.07) is 7.66. The Balaban J connectivity index is 0.00000147. The molecule has 1 N–H and O–H groups in total. The lowest BCUT2D eigenvalue weighted by Crippen LogP contribution is -2.23. The van der Waals surface area contributed by atoms with Gasteiger partial charge in [0.2, 0.25) is 0 Å². The number of hydrazine groups is 1. The van der Waals surface area contributed by atoms with Crippen LogP contribution in [0, 0.1) is 0 Å². The maximum absolute atomic E-state index is 6.25. The molecule has 0 radical (unpaired) electrons. The van der Waals surface area contributed by atoms with Crippen molar-refractivity contribution in [2.45, 2.75) is 13.1 Å². The number of pyridine rings is 1. The van der Waals surface area contributed by atoms with Crippen molar-refractivity contribution in [3.05, 3.63) is 52.8 Å². The fourth-order valence-electron chi connectivity index (χ4n) is 2.30. The first kappa shape index (κ1) is 14.9. The number of aromatic nitrogens is 1. The van der Waals surface area contributed by atoms with Crippen LogP contribution in [-0.2, 0) is 13.1 Å². The Bertz CT molecular complexity index is 592. The van der Waals surface area contributed by atoms with Crippen molar-refractivity contribution < 1.29 is 4.74 Å². The highest BCUT2D eigenvalue weighted by Crippen LogP contribution is 2.35. The third kappa shape index (κ3) is 2.82. The Kier molecular flexibility index (Phi) is 4.70. The van der Waals surface area contributed by atoms with Gasteiger partial charge in [-0.25, -0.2) is 5.01 Å². The van der Waals surface area contributed by atoms with E-state index in [1.807, 2.05) is 24.3 Å². The summed E-state index contributed by atoms with van der Waals surface area (Å²) >= 11 is 6.25. The van der Waals surface area contributed by atoms with E-state index in [1.54, 1.807) is 19.5 Å². The first-order valence-corrected chi connectivity index (χ1v) is 6.41. The molecule has 0 unspecified atom stereocenters. The average molecular weight is 312 g/mol. The molecule has 1 aliphatic heterocycles. The molecule has 2 aromatic rings. The van der Waals surface area contributed by atoms with Crippen LogP contribution in [0.2, 0.25) is 5.02 Å². The second kappa shape index (κ2) is 6.31. The molecular weight excluding hydrogens is 297 g/mol. The highest BCUT2D eigenvalue weighted by Gasteiger charge is 2.24. The van der Waals surface area contributed by atoms with E-state index >= 15 is 0 Å². The second-order valence-electron chi connectivity index (χ2n) is 4.41.